The van der Waals surface area contributed by atoms with Gasteiger partial charge in [-0.3, -0.25) is 9.79 Å². The Bertz CT molecular complexity index is 511. The molecular formula is C17H29IN4O2S. The summed E-state index contributed by atoms with van der Waals surface area (Å²) in [6.07, 6.45) is 7.23. The highest BCUT2D eigenvalue weighted by Gasteiger charge is 2.18. The minimum atomic E-state index is 0. The molecule has 2 N–H and O–H groups in total. The van der Waals surface area contributed by atoms with E-state index in [1.54, 1.807) is 18.0 Å². The smallest absolute Gasteiger partial charge is 0.222 e. The van der Waals surface area contributed by atoms with Crippen LogP contribution in [0.1, 0.15) is 25.0 Å². The third-order valence-corrected chi connectivity index (χ3v) is 4.48. The molecule has 1 amide bonds. The molecule has 0 unspecified atom stereocenters. The maximum Gasteiger partial charge on any atom is 0.222 e. The number of furan rings is 1. The predicted molar refractivity (Wildman–Crippen MR) is 115 cm³/mol. The average Bonchev–Trinajstić information content (AvgIpc) is 3.23. The first kappa shape index (κ1) is 22.1. The predicted octanol–water partition coefficient (Wildman–Crippen LogP) is 2.35. The van der Waals surface area contributed by atoms with Crippen molar-refractivity contribution in [3.8, 4) is 0 Å². The fourth-order valence-corrected chi connectivity index (χ4v) is 2.90. The third kappa shape index (κ3) is 8.84. The van der Waals surface area contributed by atoms with Crippen LogP contribution in [0.25, 0.3) is 0 Å². The standard InChI is InChI=1S/C17H28N4O2S.HI/c1-24-14-10-20-17(19-9-7-15-5-3-13-23-15)18-8-4-12-21-11-2-6-16(21)22;/h3,5,13H,2,4,6-12,14H2,1H3,(H2,18,19,20);1H. The summed E-state index contributed by atoms with van der Waals surface area (Å²) in [5.41, 5.74) is 0. The number of guanidine groups is 1. The van der Waals surface area contributed by atoms with Crippen LogP contribution in [0.15, 0.2) is 27.8 Å². The van der Waals surface area contributed by atoms with Gasteiger partial charge >= 0.3 is 0 Å². The van der Waals surface area contributed by atoms with Crippen molar-refractivity contribution in [3.05, 3.63) is 24.2 Å². The maximum absolute atomic E-state index is 11.6. The van der Waals surface area contributed by atoms with Crippen LogP contribution in [0.5, 0.6) is 0 Å². The van der Waals surface area contributed by atoms with Crippen molar-refractivity contribution < 1.29 is 9.21 Å². The second-order valence-electron chi connectivity index (χ2n) is 5.74. The van der Waals surface area contributed by atoms with Crippen molar-refractivity contribution >= 4 is 47.6 Å². The first-order valence-corrected chi connectivity index (χ1v) is 10.0. The summed E-state index contributed by atoms with van der Waals surface area (Å²) in [7, 11) is 0. The van der Waals surface area contributed by atoms with Crippen LogP contribution in [-0.4, -0.2) is 61.5 Å². The Labute approximate surface area is 171 Å². The van der Waals surface area contributed by atoms with Gasteiger partial charge in [0, 0.05) is 51.3 Å². The van der Waals surface area contributed by atoms with Gasteiger partial charge in [0.15, 0.2) is 5.96 Å². The molecular weight excluding hydrogens is 451 g/mol. The van der Waals surface area contributed by atoms with E-state index >= 15 is 0 Å². The van der Waals surface area contributed by atoms with E-state index in [-0.39, 0.29) is 29.9 Å². The molecule has 2 heterocycles. The molecule has 0 atom stereocenters. The van der Waals surface area contributed by atoms with E-state index in [1.807, 2.05) is 17.0 Å². The van der Waals surface area contributed by atoms with Gasteiger partial charge < -0.3 is 20.0 Å². The van der Waals surface area contributed by atoms with Crippen LogP contribution in [0, 0.1) is 0 Å². The van der Waals surface area contributed by atoms with Gasteiger partial charge in [-0.05, 0) is 31.2 Å². The van der Waals surface area contributed by atoms with Crippen LogP contribution >= 0.6 is 35.7 Å². The lowest BCUT2D eigenvalue weighted by Gasteiger charge is -2.15. The Kier molecular flexibility index (Phi) is 11.8. The monoisotopic (exact) mass is 480 g/mol. The van der Waals surface area contributed by atoms with Gasteiger partial charge in [0.05, 0.1) is 6.26 Å². The van der Waals surface area contributed by atoms with Gasteiger partial charge in [0.2, 0.25) is 5.91 Å². The van der Waals surface area contributed by atoms with Gasteiger partial charge in [-0.2, -0.15) is 11.8 Å². The van der Waals surface area contributed by atoms with Crippen molar-refractivity contribution in [1.82, 2.24) is 15.5 Å². The number of hydrogen-bond donors (Lipinski definition) is 2. The van der Waals surface area contributed by atoms with E-state index in [0.29, 0.717) is 6.42 Å². The van der Waals surface area contributed by atoms with Crippen molar-refractivity contribution in [1.29, 1.82) is 0 Å². The molecule has 1 aliphatic rings. The van der Waals surface area contributed by atoms with Crippen LogP contribution in [-0.2, 0) is 11.2 Å². The first-order valence-electron chi connectivity index (χ1n) is 8.61. The van der Waals surface area contributed by atoms with Crippen LogP contribution in [0.2, 0.25) is 0 Å². The van der Waals surface area contributed by atoms with Gasteiger partial charge in [0.25, 0.3) is 0 Å². The maximum atomic E-state index is 11.6. The van der Waals surface area contributed by atoms with Gasteiger partial charge in [-0.15, -0.1) is 24.0 Å². The van der Waals surface area contributed by atoms with Crippen LogP contribution in [0.3, 0.4) is 0 Å². The van der Waals surface area contributed by atoms with Crippen molar-refractivity contribution in [2.75, 3.05) is 44.7 Å². The summed E-state index contributed by atoms with van der Waals surface area (Å²) in [4.78, 5) is 18.1. The van der Waals surface area contributed by atoms with Crippen molar-refractivity contribution in [3.63, 3.8) is 0 Å². The number of halogens is 1. The molecule has 8 heteroatoms. The molecule has 142 valence electrons. The summed E-state index contributed by atoms with van der Waals surface area (Å²) in [6.45, 7) is 4.11. The summed E-state index contributed by atoms with van der Waals surface area (Å²) >= 11 is 1.81. The largest absolute Gasteiger partial charge is 0.469 e. The second-order valence-corrected chi connectivity index (χ2v) is 6.73. The number of likely N-dealkylation sites (tertiary alicyclic amines) is 1. The number of thioether (sulfide) groups is 1. The molecule has 2 rings (SSSR count). The van der Waals surface area contributed by atoms with E-state index < -0.39 is 0 Å². The fraction of sp³-hybridized carbons (Fsp3) is 0.647. The lowest BCUT2D eigenvalue weighted by atomic mass is 10.3. The highest BCUT2D eigenvalue weighted by atomic mass is 127. The van der Waals surface area contributed by atoms with E-state index in [2.05, 4.69) is 21.9 Å². The molecule has 25 heavy (non-hydrogen) atoms. The highest BCUT2D eigenvalue weighted by molar-refractivity contribution is 14.0. The molecule has 0 aliphatic carbocycles. The molecule has 1 fully saturated rings. The van der Waals surface area contributed by atoms with Gasteiger partial charge in [-0.1, -0.05) is 0 Å². The number of carbonyl (C=O) groups is 1. The van der Waals surface area contributed by atoms with Gasteiger partial charge in [-0.25, -0.2) is 0 Å². The SMILES string of the molecule is CSCCNC(=NCCCN1CCCC1=O)NCCc1ccco1.I. The van der Waals surface area contributed by atoms with E-state index in [4.69, 9.17) is 4.42 Å². The molecule has 0 saturated carbocycles. The van der Waals surface area contributed by atoms with Crippen LogP contribution < -0.4 is 10.6 Å². The Morgan fingerprint density at radius 3 is 2.92 bits per heavy atom. The summed E-state index contributed by atoms with van der Waals surface area (Å²) in [6, 6.07) is 3.88. The number of aliphatic imine (C=N–C) groups is 1. The number of nitrogens with one attached hydrogen (secondary N) is 2. The van der Waals surface area contributed by atoms with E-state index in [0.717, 1.165) is 69.5 Å². The number of hydrogen-bond acceptors (Lipinski definition) is 4. The molecule has 0 spiro atoms. The number of amides is 1. The van der Waals surface area contributed by atoms with Crippen LogP contribution in [0.4, 0.5) is 0 Å². The van der Waals surface area contributed by atoms with E-state index in [1.165, 1.54) is 0 Å². The summed E-state index contributed by atoms with van der Waals surface area (Å²) < 4.78 is 5.34. The Morgan fingerprint density at radius 2 is 2.24 bits per heavy atom. The second kappa shape index (κ2) is 13.3. The zero-order valence-electron chi connectivity index (χ0n) is 14.8. The zero-order valence-corrected chi connectivity index (χ0v) is 18.0. The molecule has 1 saturated heterocycles. The topological polar surface area (TPSA) is 69.9 Å². The fourth-order valence-electron chi connectivity index (χ4n) is 2.60. The zero-order chi connectivity index (χ0) is 17.0. The van der Waals surface area contributed by atoms with E-state index in [9.17, 15) is 4.79 Å². The Balaban J connectivity index is 0.00000312. The molecule has 1 aromatic heterocycles. The quantitative estimate of drug-likeness (QED) is 0.233. The summed E-state index contributed by atoms with van der Waals surface area (Å²) in [5, 5.41) is 6.69. The Morgan fingerprint density at radius 1 is 1.40 bits per heavy atom. The van der Waals surface area contributed by atoms with Crippen molar-refractivity contribution in [2.24, 2.45) is 4.99 Å². The lowest BCUT2D eigenvalue weighted by molar-refractivity contribution is -0.127. The number of carbonyl (C=O) groups excluding carboxylic acids is 1. The molecule has 1 aliphatic heterocycles. The van der Waals surface area contributed by atoms with Gasteiger partial charge in [0.1, 0.15) is 5.76 Å². The average molecular weight is 480 g/mol. The molecule has 0 radical (unpaired) electrons. The Hall–Kier alpha value is -0.900. The number of nitrogens with zero attached hydrogens (tertiary/aromatic N) is 2. The molecule has 6 nitrogen and oxygen atoms in total. The molecule has 0 bridgehead atoms. The normalized spacial score (nSPS) is 14.5. The minimum absolute atomic E-state index is 0. The van der Waals surface area contributed by atoms with Crippen molar-refractivity contribution in [2.45, 2.75) is 25.7 Å². The minimum Gasteiger partial charge on any atom is -0.469 e. The highest BCUT2D eigenvalue weighted by Crippen LogP contribution is 2.09. The summed E-state index contributed by atoms with van der Waals surface area (Å²) in [5.74, 6) is 3.14. The first-order chi connectivity index (χ1) is 11.8. The molecule has 1 aromatic rings. The number of rotatable bonds is 10. The lowest BCUT2D eigenvalue weighted by Crippen LogP contribution is -2.39. The molecule has 0 aromatic carbocycles. The third-order valence-electron chi connectivity index (χ3n) is 3.87.